The van der Waals surface area contributed by atoms with Gasteiger partial charge in [-0.15, -0.1) is 0 Å². The SMILES string of the molecule is CNC(CCc1cccc(C)c1)/C1=C/CCCCCC1. The molecule has 2 rings (SSSR count). The summed E-state index contributed by atoms with van der Waals surface area (Å²) in [6, 6.07) is 9.49. The van der Waals surface area contributed by atoms with E-state index in [9.17, 15) is 0 Å². The minimum atomic E-state index is 0.564. The van der Waals surface area contributed by atoms with Gasteiger partial charge in [0.05, 0.1) is 0 Å². The van der Waals surface area contributed by atoms with Gasteiger partial charge in [0.25, 0.3) is 0 Å². The van der Waals surface area contributed by atoms with Crippen LogP contribution in [0.15, 0.2) is 35.9 Å². The molecule has 1 aromatic rings. The maximum absolute atomic E-state index is 3.54. The van der Waals surface area contributed by atoms with Gasteiger partial charge in [0.1, 0.15) is 0 Å². The monoisotopic (exact) mass is 271 g/mol. The van der Waals surface area contributed by atoms with Crippen LogP contribution in [0.4, 0.5) is 0 Å². The average molecular weight is 271 g/mol. The summed E-state index contributed by atoms with van der Waals surface area (Å²) in [6.07, 6.45) is 13.0. The van der Waals surface area contributed by atoms with Gasteiger partial charge in [-0.25, -0.2) is 0 Å². The van der Waals surface area contributed by atoms with Crippen LogP contribution < -0.4 is 5.32 Å². The molecule has 20 heavy (non-hydrogen) atoms. The van der Waals surface area contributed by atoms with Crippen molar-refractivity contribution in [3.05, 3.63) is 47.0 Å². The van der Waals surface area contributed by atoms with Crippen LogP contribution in [-0.4, -0.2) is 13.1 Å². The van der Waals surface area contributed by atoms with Crippen molar-refractivity contribution in [2.75, 3.05) is 7.05 Å². The number of hydrogen-bond donors (Lipinski definition) is 1. The normalized spacial score (nSPS) is 20.6. The van der Waals surface area contributed by atoms with E-state index >= 15 is 0 Å². The third-order valence-corrected chi connectivity index (χ3v) is 4.43. The second kappa shape index (κ2) is 8.26. The smallest absolute Gasteiger partial charge is 0.0279 e. The highest BCUT2D eigenvalue weighted by molar-refractivity contribution is 5.23. The molecule has 0 saturated heterocycles. The molecule has 1 aromatic carbocycles. The van der Waals surface area contributed by atoms with E-state index in [1.807, 2.05) is 0 Å². The molecule has 0 aromatic heterocycles. The number of likely N-dealkylation sites (N-methyl/N-ethyl adjacent to an activating group) is 1. The number of benzene rings is 1. The zero-order chi connectivity index (χ0) is 14.2. The fourth-order valence-corrected chi connectivity index (χ4v) is 3.23. The zero-order valence-electron chi connectivity index (χ0n) is 13.1. The Kier molecular flexibility index (Phi) is 6.32. The predicted molar refractivity (Wildman–Crippen MR) is 88.1 cm³/mol. The summed E-state index contributed by atoms with van der Waals surface area (Å²) in [5.74, 6) is 0. The van der Waals surface area contributed by atoms with Gasteiger partial charge in [0, 0.05) is 6.04 Å². The molecule has 1 unspecified atom stereocenters. The fraction of sp³-hybridized carbons (Fsp3) is 0.579. The van der Waals surface area contributed by atoms with E-state index in [2.05, 4.69) is 49.6 Å². The van der Waals surface area contributed by atoms with Gasteiger partial charge < -0.3 is 5.32 Å². The lowest BCUT2D eigenvalue weighted by Gasteiger charge is -2.22. The minimum Gasteiger partial charge on any atom is -0.313 e. The molecule has 0 radical (unpaired) electrons. The molecule has 1 aliphatic rings. The topological polar surface area (TPSA) is 12.0 Å². The Morgan fingerprint density at radius 2 is 2.00 bits per heavy atom. The molecule has 0 amide bonds. The van der Waals surface area contributed by atoms with Gasteiger partial charge >= 0.3 is 0 Å². The summed E-state index contributed by atoms with van der Waals surface area (Å²) < 4.78 is 0. The lowest BCUT2D eigenvalue weighted by molar-refractivity contribution is 0.535. The zero-order valence-corrected chi connectivity index (χ0v) is 13.1. The molecule has 1 atom stereocenters. The van der Waals surface area contributed by atoms with Crippen molar-refractivity contribution in [3.8, 4) is 0 Å². The van der Waals surface area contributed by atoms with Crippen LogP contribution in [0.3, 0.4) is 0 Å². The highest BCUT2D eigenvalue weighted by Gasteiger charge is 2.13. The molecule has 0 fully saturated rings. The Hall–Kier alpha value is -1.08. The minimum absolute atomic E-state index is 0.564. The van der Waals surface area contributed by atoms with Crippen molar-refractivity contribution in [1.82, 2.24) is 5.32 Å². The van der Waals surface area contributed by atoms with Gasteiger partial charge in [0.15, 0.2) is 0 Å². The number of nitrogens with one attached hydrogen (secondary N) is 1. The maximum atomic E-state index is 3.54. The van der Waals surface area contributed by atoms with Crippen LogP contribution in [0, 0.1) is 6.92 Å². The fourth-order valence-electron chi connectivity index (χ4n) is 3.23. The first kappa shape index (κ1) is 15.3. The van der Waals surface area contributed by atoms with Crippen molar-refractivity contribution in [3.63, 3.8) is 0 Å². The lowest BCUT2D eigenvalue weighted by Crippen LogP contribution is -2.28. The maximum Gasteiger partial charge on any atom is 0.0279 e. The number of allylic oxidation sites excluding steroid dienone is 1. The molecule has 0 saturated carbocycles. The van der Waals surface area contributed by atoms with Crippen LogP contribution in [-0.2, 0) is 6.42 Å². The van der Waals surface area contributed by atoms with E-state index in [-0.39, 0.29) is 0 Å². The van der Waals surface area contributed by atoms with Crippen molar-refractivity contribution in [1.29, 1.82) is 0 Å². The third-order valence-electron chi connectivity index (χ3n) is 4.43. The van der Waals surface area contributed by atoms with E-state index in [0.29, 0.717) is 6.04 Å². The van der Waals surface area contributed by atoms with Crippen LogP contribution in [0.1, 0.15) is 56.1 Å². The second-order valence-electron chi connectivity index (χ2n) is 6.10. The van der Waals surface area contributed by atoms with Crippen LogP contribution in [0.5, 0.6) is 0 Å². The van der Waals surface area contributed by atoms with Crippen molar-refractivity contribution in [2.45, 2.75) is 64.3 Å². The van der Waals surface area contributed by atoms with Crippen LogP contribution in [0.25, 0.3) is 0 Å². The van der Waals surface area contributed by atoms with E-state index in [4.69, 9.17) is 0 Å². The van der Waals surface area contributed by atoms with Gasteiger partial charge in [-0.3, -0.25) is 0 Å². The first-order chi connectivity index (χ1) is 9.79. The predicted octanol–water partition coefficient (Wildman–Crippen LogP) is 4.80. The van der Waals surface area contributed by atoms with Crippen LogP contribution >= 0.6 is 0 Å². The quantitative estimate of drug-likeness (QED) is 0.759. The summed E-state index contributed by atoms with van der Waals surface area (Å²) in [6.45, 7) is 2.18. The van der Waals surface area contributed by atoms with Crippen molar-refractivity contribution < 1.29 is 0 Å². The molecule has 0 aliphatic heterocycles. The molecular formula is C19H29N. The van der Waals surface area contributed by atoms with Gasteiger partial charge in [0.2, 0.25) is 0 Å². The highest BCUT2D eigenvalue weighted by Crippen LogP contribution is 2.22. The summed E-state index contributed by atoms with van der Waals surface area (Å²) in [5.41, 5.74) is 4.49. The molecule has 110 valence electrons. The second-order valence-corrected chi connectivity index (χ2v) is 6.10. The van der Waals surface area contributed by atoms with E-state index < -0.39 is 0 Å². The van der Waals surface area contributed by atoms with Gasteiger partial charge in [-0.1, -0.05) is 54.3 Å². The van der Waals surface area contributed by atoms with Crippen molar-refractivity contribution in [2.24, 2.45) is 0 Å². The van der Waals surface area contributed by atoms with E-state index in [0.717, 1.165) is 0 Å². The number of aryl methyl sites for hydroxylation is 2. The molecule has 0 bridgehead atoms. The molecule has 0 heterocycles. The molecule has 1 N–H and O–H groups in total. The first-order valence-electron chi connectivity index (χ1n) is 8.21. The molecule has 1 heteroatoms. The van der Waals surface area contributed by atoms with Gasteiger partial charge in [-0.2, -0.15) is 0 Å². The Morgan fingerprint density at radius 3 is 2.80 bits per heavy atom. The summed E-state index contributed by atoms with van der Waals surface area (Å²) >= 11 is 0. The van der Waals surface area contributed by atoms with Crippen molar-refractivity contribution >= 4 is 0 Å². The number of rotatable bonds is 5. The molecular weight excluding hydrogens is 242 g/mol. The van der Waals surface area contributed by atoms with Gasteiger partial charge in [-0.05, 0) is 58.1 Å². The highest BCUT2D eigenvalue weighted by atomic mass is 14.9. The largest absolute Gasteiger partial charge is 0.313 e. The Morgan fingerprint density at radius 1 is 1.15 bits per heavy atom. The molecule has 1 aliphatic carbocycles. The third kappa shape index (κ3) is 4.79. The Labute approximate surface area is 124 Å². The summed E-state index contributed by atoms with van der Waals surface area (Å²) in [7, 11) is 2.11. The standard InChI is InChI=1S/C19H29N/c1-16-9-8-10-17(15-16)13-14-19(20-2)18-11-6-4-3-5-7-12-18/h8-11,15,19-20H,3-7,12-14H2,1-2H3/b18-11+. The molecule has 1 nitrogen and oxygen atoms in total. The summed E-state index contributed by atoms with van der Waals surface area (Å²) in [4.78, 5) is 0. The van der Waals surface area contributed by atoms with E-state index in [1.165, 1.54) is 62.5 Å². The van der Waals surface area contributed by atoms with Crippen LogP contribution in [0.2, 0.25) is 0 Å². The Bertz CT molecular complexity index is 433. The summed E-state index contributed by atoms with van der Waals surface area (Å²) in [5, 5.41) is 3.54. The first-order valence-corrected chi connectivity index (χ1v) is 8.21. The molecule has 0 spiro atoms. The lowest BCUT2D eigenvalue weighted by atomic mass is 9.91. The Balaban J connectivity index is 1.94. The average Bonchev–Trinajstić information content (AvgIpc) is 2.41. The number of hydrogen-bond acceptors (Lipinski definition) is 1. The van der Waals surface area contributed by atoms with E-state index in [1.54, 1.807) is 5.57 Å².